The molecule has 12 heavy (non-hydrogen) atoms. The second kappa shape index (κ2) is 3.25. The van der Waals surface area contributed by atoms with Crippen LogP contribution in [0.1, 0.15) is 18.1 Å². The summed E-state index contributed by atoms with van der Waals surface area (Å²) in [6.07, 6.45) is 0. The lowest BCUT2D eigenvalue weighted by molar-refractivity contribution is 0.0662. The van der Waals surface area contributed by atoms with Crippen LogP contribution in [0.3, 0.4) is 0 Å². The van der Waals surface area contributed by atoms with Gasteiger partial charge in [-0.3, -0.25) is 0 Å². The molecule has 0 bridgehead atoms. The molecule has 0 amide bonds. The van der Waals surface area contributed by atoms with Crippen molar-refractivity contribution in [1.82, 2.24) is 0 Å². The van der Waals surface area contributed by atoms with Crippen LogP contribution in [-0.2, 0) is 5.60 Å². The summed E-state index contributed by atoms with van der Waals surface area (Å²) in [5, 5.41) is 9.85. The van der Waals surface area contributed by atoms with Crippen molar-refractivity contribution in [3.05, 3.63) is 35.4 Å². The first-order valence-corrected chi connectivity index (χ1v) is 4.06. The van der Waals surface area contributed by atoms with Gasteiger partial charge in [-0.25, -0.2) is 0 Å². The fraction of sp³-hybridized carbons (Fsp3) is 0.400. The second-order valence-corrected chi connectivity index (χ2v) is 3.29. The molecule has 1 atom stereocenters. The van der Waals surface area contributed by atoms with Gasteiger partial charge in [0.25, 0.3) is 0 Å². The monoisotopic (exact) mass is 165 g/mol. The number of hydrogen-bond acceptors (Lipinski definition) is 2. The van der Waals surface area contributed by atoms with E-state index in [4.69, 9.17) is 5.73 Å². The fourth-order valence-corrected chi connectivity index (χ4v) is 1.29. The van der Waals surface area contributed by atoms with Gasteiger partial charge in [0.05, 0.1) is 5.60 Å². The van der Waals surface area contributed by atoms with E-state index in [1.54, 1.807) is 6.92 Å². The van der Waals surface area contributed by atoms with Gasteiger partial charge in [0.15, 0.2) is 0 Å². The molecule has 0 unspecified atom stereocenters. The van der Waals surface area contributed by atoms with Crippen LogP contribution in [0.15, 0.2) is 24.3 Å². The summed E-state index contributed by atoms with van der Waals surface area (Å²) in [7, 11) is 0. The molecule has 1 aromatic rings. The van der Waals surface area contributed by atoms with Crippen molar-refractivity contribution in [3.63, 3.8) is 0 Å². The SMILES string of the molecule is Cc1ccccc1[C@@](C)(O)CN. The summed E-state index contributed by atoms with van der Waals surface area (Å²) in [5.74, 6) is 0. The smallest absolute Gasteiger partial charge is 0.0992 e. The van der Waals surface area contributed by atoms with E-state index in [1.165, 1.54) is 0 Å². The Morgan fingerprint density at radius 1 is 1.42 bits per heavy atom. The number of aryl methyl sites for hydroxylation is 1. The highest BCUT2D eigenvalue weighted by molar-refractivity contribution is 5.30. The van der Waals surface area contributed by atoms with Crippen molar-refractivity contribution in [2.24, 2.45) is 5.73 Å². The molecule has 66 valence electrons. The summed E-state index contributed by atoms with van der Waals surface area (Å²) in [4.78, 5) is 0. The van der Waals surface area contributed by atoms with Crippen LogP contribution in [0.4, 0.5) is 0 Å². The molecule has 0 saturated heterocycles. The predicted molar refractivity (Wildman–Crippen MR) is 49.8 cm³/mol. The zero-order valence-electron chi connectivity index (χ0n) is 7.54. The highest BCUT2D eigenvalue weighted by Crippen LogP contribution is 2.21. The van der Waals surface area contributed by atoms with E-state index in [1.807, 2.05) is 31.2 Å². The third-order valence-electron chi connectivity index (χ3n) is 2.12. The van der Waals surface area contributed by atoms with Crippen LogP contribution < -0.4 is 5.73 Å². The number of benzene rings is 1. The Kier molecular flexibility index (Phi) is 2.50. The maximum absolute atomic E-state index is 9.85. The molecule has 0 aliphatic carbocycles. The molecule has 0 aromatic heterocycles. The van der Waals surface area contributed by atoms with E-state index in [2.05, 4.69) is 0 Å². The standard InChI is InChI=1S/C10H15NO/c1-8-5-3-4-6-9(8)10(2,12)7-11/h3-6,12H,7,11H2,1-2H3/t10-/m0/s1. The zero-order valence-corrected chi connectivity index (χ0v) is 7.54. The van der Waals surface area contributed by atoms with Gasteiger partial charge in [-0.15, -0.1) is 0 Å². The summed E-state index contributed by atoms with van der Waals surface area (Å²) in [6, 6.07) is 7.74. The largest absolute Gasteiger partial charge is 0.384 e. The molecule has 0 saturated carbocycles. The normalized spacial score (nSPS) is 15.7. The number of rotatable bonds is 2. The molecule has 2 heteroatoms. The first kappa shape index (κ1) is 9.23. The molecule has 0 spiro atoms. The van der Waals surface area contributed by atoms with Gasteiger partial charge in [0.2, 0.25) is 0 Å². The van der Waals surface area contributed by atoms with Gasteiger partial charge in [-0.2, -0.15) is 0 Å². The molecular weight excluding hydrogens is 150 g/mol. The lowest BCUT2D eigenvalue weighted by Gasteiger charge is -2.23. The first-order valence-electron chi connectivity index (χ1n) is 4.06. The molecular formula is C10H15NO. The van der Waals surface area contributed by atoms with E-state index >= 15 is 0 Å². The van der Waals surface area contributed by atoms with Gasteiger partial charge in [0.1, 0.15) is 0 Å². The number of aliphatic hydroxyl groups is 1. The highest BCUT2D eigenvalue weighted by atomic mass is 16.3. The minimum atomic E-state index is -0.897. The Balaban J connectivity index is 3.10. The molecule has 0 radical (unpaired) electrons. The topological polar surface area (TPSA) is 46.2 Å². The summed E-state index contributed by atoms with van der Waals surface area (Å²) >= 11 is 0. The molecule has 3 N–H and O–H groups in total. The lowest BCUT2D eigenvalue weighted by Crippen LogP contribution is -2.31. The van der Waals surface area contributed by atoms with Crippen molar-refractivity contribution in [2.45, 2.75) is 19.4 Å². The fourth-order valence-electron chi connectivity index (χ4n) is 1.29. The lowest BCUT2D eigenvalue weighted by atomic mass is 9.92. The van der Waals surface area contributed by atoms with E-state index in [0.29, 0.717) is 0 Å². The van der Waals surface area contributed by atoms with Crippen molar-refractivity contribution in [1.29, 1.82) is 0 Å². The van der Waals surface area contributed by atoms with E-state index < -0.39 is 5.60 Å². The Hall–Kier alpha value is -0.860. The number of nitrogens with two attached hydrogens (primary N) is 1. The van der Waals surface area contributed by atoms with Crippen molar-refractivity contribution < 1.29 is 5.11 Å². The first-order chi connectivity index (χ1) is 5.58. The van der Waals surface area contributed by atoms with Crippen LogP contribution in [0.2, 0.25) is 0 Å². The Morgan fingerprint density at radius 3 is 2.50 bits per heavy atom. The highest BCUT2D eigenvalue weighted by Gasteiger charge is 2.21. The maximum Gasteiger partial charge on any atom is 0.0992 e. The third-order valence-corrected chi connectivity index (χ3v) is 2.12. The van der Waals surface area contributed by atoms with E-state index in [0.717, 1.165) is 11.1 Å². The summed E-state index contributed by atoms with van der Waals surface area (Å²) < 4.78 is 0. The predicted octanol–water partition coefficient (Wildman–Crippen LogP) is 1.16. The maximum atomic E-state index is 9.85. The van der Waals surface area contributed by atoms with Crippen molar-refractivity contribution >= 4 is 0 Å². The van der Waals surface area contributed by atoms with E-state index in [-0.39, 0.29) is 6.54 Å². The number of hydrogen-bond donors (Lipinski definition) is 2. The van der Waals surface area contributed by atoms with Gasteiger partial charge in [0, 0.05) is 6.54 Å². The molecule has 1 aromatic carbocycles. The molecule has 1 rings (SSSR count). The molecule has 0 fully saturated rings. The Labute approximate surface area is 73.0 Å². The van der Waals surface area contributed by atoms with Gasteiger partial charge >= 0.3 is 0 Å². The molecule has 0 aliphatic rings. The Bertz CT molecular complexity index is 268. The van der Waals surface area contributed by atoms with Crippen LogP contribution in [0.5, 0.6) is 0 Å². The minimum absolute atomic E-state index is 0.248. The van der Waals surface area contributed by atoms with Crippen molar-refractivity contribution in [2.75, 3.05) is 6.54 Å². The van der Waals surface area contributed by atoms with Gasteiger partial charge < -0.3 is 10.8 Å². The third kappa shape index (κ3) is 1.65. The van der Waals surface area contributed by atoms with Crippen LogP contribution in [0.25, 0.3) is 0 Å². The molecule has 0 aliphatic heterocycles. The van der Waals surface area contributed by atoms with Gasteiger partial charge in [-0.1, -0.05) is 24.3 Å². The van der Waals surface area contributed by atoms with Crippen LogP contribution in [0, 0.1) is 6.92 Å². The van der Waals surface area contributed by atoms with Crippen LogP contribution >= 0.6 is 0 Å². The van der Waals surface area contributed by atoms with Crippen molar-refractivity contribution in [3.8, 4) is 0 Å². The van der Waals surface area contributed by atoms with Gasteiger partial charge in [-0.05, 0) is 25.0 Å². The quantitative estimate of drug-likeness (QED) is 0.690. The van der Waals surface area contributed by atoms with E-state index in [9.17, 15) is 5.11 Å². The Morgan fingerprint density at radius 2 is 2.00 bits per heavy atom. The second-order valence-electron chi connectivity index (χ2n) is 3.29. The summed E-state index contributed by atoms with van der Waals surface area (Å²) in [6.45, 7) is 3.95. The average molecular weight is 165 g/mol. The molecule has 0 heterocycles. The molecule has 2 nitrogen and oxygen atoms in total. The zero-order chi connectivity index (χ0) is 9.19. The average Bonchev–Trinajstić information content (AvgIpc) is 2.05. The minimum Gasteiger partial charge on any atom is -0.384 e. The van der Waals surface area contributed by atoms with Crippen LogP contribution in [-0.4, -0.2) is 11.7 Å². The summed E-state index contributed by atoms with van der Waals surface area (Å²) in [5.41, 5.74) is 6.55.